The number of hydrogen-bond acceptors (Lipinski definition) is 3. The summed E-state index contributed by atoms with van der Waals surface area (Å²) in [6, 6.07) is 18.5. The number of ether oxygens (including phenoxy) is 2. The maximum absolute atomic E-state index is 10.4. The van der Waals surface area contributed by atoms with Crippen LogP contribution in [-0.2, 0) is 11.2 Å². The summed E-state index contributed by atoms with van der Waals surface area (Å²) in [5.74, 6) is 0.803. The van der Waals surface area contributed by atoms with Crippen molar-refractivity contribution < 1.29 is 14.6 Å². The van der Waals surface area contributed by atoms with Crippen LogP contribution in [0.25, 0.3) is 0 Å². The Bertz CT molecular complexity index is 571. The van der Waals surface area contributed by atoms with Gasteiger partial charge in [-0.25, -0.2) is 0 Å². The zero-order valence-corrected chi connectivity index (χ0v) is 12.7. The van der Waals surface area contributed by atoms with Gasteiger partial charge >= 0.3 is 0 Å². The number of aliphatic hydroxyl groups is 1. The van der Waals surface area contributed by atoms with Crippen LogP contribution in [0.5, 0.6) is 5.75 Å². The average Bonchev–Trinajstić information content (AvgIpc) is 2.56. The molecule has 0 aromatic heterocycles. The smallest absolute Gasteiger partial charge is 0.119 e. The van der Waals surface area contributed by atoms with Crippen LogP contribution in [0.15, 0.2) is 54.6 Å². The second-order valence-corrected chi connectivity index (χ2v) is 5.93. The maximum Gasteiger partial charge on any atom is 0.119 e. The molecule has 1 saturated heterocycles. The monoisotopic (exact) mass is 298 g/mol. The van der Waals surface area contributed by atoms with Crippen molar-refractivity contribution in [2.45, 2.75) is 24.9 Å². The molecule has 0 unspecified atom stereocenters. The third-order valence-electron chi connectivity index (χ3n) is 4.11. The van der Waals surface area contributed by atoms with Crippen molar-refractivity contribution in [3.8, 4) is 5.75 Å². The molecule has 1 aliphatic heterocycles. The van der Waals surface area contributed by atoms with Crippen molar-refractivity contribution in [1.82, 2.24) is 0 Å². The molecule has 1 heterocycles. The summed E-state index contributed by atoms with van der Waals surface area (Å²) in [6.07, 6.45) is 2.20. The molecule has 1 fully saturated rings. The lowest BCUT2D eigenvalue weighted by Crippen LogP contribution is -2.41. The first kappa shape index (κ1) is 15.1. The molecular formula is C19H22O3. The molecular weight excluding hydrogens is 276 g/mol. The van der Waals surface area contributed by atoms with Crippen molar-refractivity contribution in [1.29, 1.82) is 0 Å². The van der Waals surface area contributed by atoms with E-state index in [0.29, 0.717) is 32.7 Å². The third-order valence-corrected chi connectivity index (χ3v) is 4.11. The fourth-order valence-electron chi connectivity index (χ4n) is 2.65. The van der Waals surface area contributed by atoms with E-state index >= 15 is 0 Å². The lowest BCUT2D eigenvalue weighted by molar-refractivity contribution is -0.0855. The topological polar surface area (TPSA) is 38.7 Å². The Kier molecular flexibility index (Phi) is 4.76. The van der Waals surface area contributed by atoms with Crippen LogP contribution in [-0.4, -0.2) is 30.5 Å². The first-order valence-corrected chi connectivity index (χ1v) is 7.79. The summed E-state index contributed by atoms with van der Waals surface area (Å²) in [6.45, 7) is 1.54. The fourth-order valence-corrected chi connectivity index (χ4v) is 2.65. The van der Waals surface area contributed by atoms with Crippen LogP contribution in [0.1, 0.15) is 24.0 Å². The highest BCUT2D eigenvalue weighted by molar-refractivity contribution is 5.31. The highest BCUT2D eigenvalue weighted by Gasteiger charge is 2.30. The van der Waals surface area contributed by atoms with Crippen LogP contribution in [0.4, 0.5) is 0 Å². The molecule has 1 N–H and O–H groups in total. The molecule has 0 aliphatic carbocycles. The molecule has 2 aromatic carbocycles. The van der Waals surface area contributed by atoms with E-state index in [1.807, 2.05) is 18.2 Å². The molecule has 2 aromatic rings. The Labute approximate surface area is 131 Å². The van der Waals surface area contributed by atoms with Gasteiger partial charge in [-0.3, -0.25) is 0 Å². The predicted molar refractivity (Wildman–Crippen MR) is 86.2 cm³/mol. The fraction of sp³-hybridized carbons (Fsp3) is 0.368. The molecule has 116 valence electrons. The van der Waals surface area contributed by atoms with E-state index in [9.17, 15) is 5.11 Å². The van der Waals surface area contributed by atoms with Crippen LogP contribution < -0.4 is 4.74 Å². The Morgan fingerprint density at radius 3 is 2.23 bits per heavy atom. The van der Waals surface area contributed by atoms with Gasteiger partial charge in [0.25, 0.3) is 0 Å². The molecule has 0 atom stereocenters. The molecule has 0 spiro atoms. The van der Waals surface area contributed by atoms with Crippen molar-refractivity contribution in [2.75, 3.05) is 19.8 Å². The Balaban J connectivity index is 1.55. The zero-order valence-electron chi connectivity index (χ0n) is 12.7. The molecule has 0 amide bonds. The first-order valence-electron chi connectivity index (χ1n) is 7.79. The van der Waals surface area contributed by atoms with E-state index < -0.39 is 5.60 Å². The van der Waals surface area contributed by atoms with Crippen LogP contribution in [0.3, 0.4) is 0 Å². The largest absolute Gasteiger partial charge is 0.491 e. The van der Waals surface area contributed by atoms with Gasteiger partial charge in [-0.15, -0.1) is 0 Å². The van der Waals surface area contributed by atoms with E-state index in [-0.39, 0.29) is 0 Å². The second-order valence-electron chi connectivity index (χ2n) is 5.93. The van der Waals surface area contributed by atoms with Gasteiger partial charge in [0.05, 0.1) is 0 Å². The first-order chi connectivity index (χ1) is 10.7. The van der Waals surface area contributed by atoms with Gasteiger partial charge in [-0.1, -0.05) is 42.5 Å². The van der Waals surface area contributed by atoms with Gasteiger partial charge in [0.1, 0.15) is 18.0 Å². The Hall–Kier alpha value is -1.84. The van der Waals surface area contributed by atoms with Gasteiger partial charge < -0.3 is 14.6 Å². The SMILES string of the molecule is OC1(COc2ccc(Cc3ccccc3)cc2)CCOCC1. The highest BCUT2D eigenvalue weighted by atomic mass is 16.5. The van der Waals surface area contributed by atoms with E-state index in [4.69, 9.17) is 9.47 Å². The molecule has 0 bridgehead atoms. The summed E-state index contributed by atoms with van der Waals surface area (Å²) in [5, 5.41) is 10.4. The van der Waals surface area contributed by atoms with E-state index in [1.165, 1.54) is 11.1 Å². The average molecular weight is 298 g/mol. The van der Waals surface area contributed by atoms with Crippen molar-refractivity contribution in [3.63, 3.8) is 0 Å². The van der Waals surface area contributed by atoms with Gasteiger partial charge in [-0.05, 0) is 29.7 Å². The van der Waals surface area contributed by atoms with Gasteiger partial charge in [-0.2, -0.15) is 0 Å². The predicted octanol–water partition coefficient (Wildman–Crippen LogP) is 3.20. The van der Waals surface area contributed by atoms with Gasteiger partial charge in [0.2, 0.25) is 0 Å². The second kappa shape index (κ2) is 6.95. The molecule has 1 aliphatic rings. The lowest BCUT2D eigenvalue weighted by Gasteiger charge is -2.31. The molecule has 3 rings (SSSR count). The number of benzene rings is 2. The van der Waals surface area contributed by atoms with Crippen LogP contribution in [0, 0.1) is 0 Å². The number of hydrogen-bond donors (Lipinski definition) is 1. The minimum Gasteiger partial charge on any atom is -0.491 e. The van der Waals surface area contributed by atoms with Crippen molar-refractivity contribution >= 4 is 0 Å². The maximum atomic E-state index is 10.4. The Morgan fingerprint density at radius 2 is 1.55 bits per heavy atom. The van der Waals surface area contributed by atoms with Crippen LogP contribution >= 0.6 is 0 Å². The minimum atomic E-state index is -0.749. The number of rotatable bonds is 5. The van der Waals surface area contributed by atoms with Crippen LogP contribution in [0.2, 0.25) is 0 Å². The van der Waals surface area contributed by atoms with E-state index in [1.54, 1.807) is 0 Å². The molecule has 3 nitrogen and oxygen atoms in total. The van der Waals surface area contributed by atoms with Gasteiger partial charge in [0.15, 0.2) is 0 Å². The Morgan fingerprint density at radius 1 is 0.909 bits per heavy atom. The standard InChI is InChI=1S/C19H22O3/c20-19(10-12-21-13-11-19)15-22-18-8-6-17(7-9-18)14-16-4-2-1-3-5-16/h1-9,20H,10-15H2. The molecule has 3 heteroatoms. The van der Waals surface area contributed by atoms with Crippen molar-refractivity contribution in [2.24, 2.45) is 0 Å². The molecule has 0 radical (unpaired) electrons. The summed E-state index contributed by atoms with van der Waals surface area (Å²) in [7, 11) is 0. The molecule has 0 saturated carbocycles. The summed E-state index contributed by atoms with van der Waals surface area (Å²) >= 11 is 0. The van der Waals surface area contributed by atoms with Crippen molar-refractivity contribution in [3.05, 3.63) is 65.7 Å². The molecule has 22 heavy (non-hydrogen) atoms. The lowest BCUT2D eigenvalue weighted by atomic mass is 9.96. The highest BCUT2D eigenvalue weighted by Crippen LogP contribution is 2.23. The van der Waals surface area contributed by atoms with E-state index in [0.717, 1.165) is 12.2 Å². The minimum absolute atomic E-state index is 0.328. The van der Waals surface area contributed by atoms with Gasteiger partial charge in [0, 0.05) is 26.1 Å². The quantitative estimate of drug-likeness (QED) is 0.921. The summed E-state index contributed by atoms with van der Waals surface area (Å²) < 4.78 is 11.0. The van der Waals surface area contributed by atoms with E-state index in [2.05, 4.69) is 36.4 Å². The normalized spacial score (nSPS) is 17.1. The third kappa shape index (κ3) is 4.09. The summed E-state index contributed by atoms with van der Waals surface area (Å²) in [5.41, 5.74) is 1.80. The summed E-state index contributed by atoms with van der Waals surface area (Å²) in [4.78, 5) is 0. The zero-order chi connectivity index (χ0) is 15.3.